The minimum Gasteiger partial charge on any atom is -0.463 e. The monoisotopic (exact) mass is 419 g/mol. The maximum Gasteiger partial charge on any atom is 0.315 e. The average Bonchev–Trinajstić information content (AvgIpc) is 3.47. The van der Waals surface area contributed by atoms with Crippen LogP contribution in [0.15, 0.2) is 59.2 Å². The van der Waals surface area contributed by atoms with Gasteiger partial charge in [0.25, 0.3) is 0 Å². The first-order chi connectivity index (χ1) is 15.2. The summed E-state index contributed by atoms with van der Waals surface area (Å²) in [5.74, 6) is 1.90. The normalized spacial score (nSPS) is 24.8. The molecule has 2 aromatic heterocycles. The van der Waals surface area contributed by atoms with Crippen LogP contribution in [0.4, 0.5) is 4.79 Å². The van der Waals surface area contributed by atoms with E-state index >= 15 is 0 Å². The molecule has 3 aromatic rings. The molecule has 7 heteroatoms. The van der Waals surface area contributed by atoms with E-state index in [1.54, 1.807) is 6.26 Å². The molecule has 0 radical (unpaired) electrons. The summed E-state index contributed by atoms with van der Waals surface area (Å²) in [5.41, 5.74) is 3.27. The van der Waals surface area contributed by atoms with Gasteiger partial charge in [0.05, 0.1) is 6.26 Å². The summed E-state index contributed by atoms with van der Waals surface area (Å²) in [7, 11) is 2.02. The lowest BCUT2D eigenvalue weighted by Crippen LogP contribution is -2.56. The van der Waals surface area contributed by atoms with Crippen LogP contribution in [0.3, 0.4) is 0 Å². The number of amides is 2. The summed E-state index contributed by atoms with van der Waals surface area (Å²) >= 11 is 0. The molecule has 2 amide bonds. The number of hydrogen-bond donors (Lipinski definition) is 2. The molecule has 0 saturated carbocycles. The third kappa shape index (κ3) is 4.23. The van der Waals surface area contributed by atoms with Crippen LogP contribution in [0.5, 0.6) is 0 Å². The van der Waals surface area contributed by atoms with Crippen molar-refractivity contribution in [3.63, 3.8) is 0 Å². The Hall–Kier alpha value is -3.06. The fourth-order valence-electron chi connectivity index (χ4n) is 5.11. The Kier molecular flexibility index (Phi) is 5.51. The molecule has 3 aliphatic rings. The van der Waals surface area contributed by atoms with Crippen LogP contribution in [-0.4, -0.2) is 46.4 Å². The van der Waals surface area contributed by atoms with Gasteiger partial charge in [0.15, 0.2) is 5.76 Å². The number of benzene rings is 1. The topological polar surface area (TPSA) is 75.3 Å². The van der Waals surface area contributed by atoms with Crippen LogP contribution < -0.4 is 10.6 Å². The SMILES string of the molecule is Cn1nc(-c2ccco2)cc1[C@H]1CN2CC[C@H]1C[C@@H]2CNC(=O)NCc1ccccc1. The van der Waals surface area contributed by atoms with E-state index in [0.29, 0.717) is 31.0 Å². The van der Waals surface area contributed by atoms with Gasteiger partial charge in [-0.15, -0.1) is 0 Å². The predicted octanol–water partition coefficient (Wildman–Crippen LogP) is 3.36. The van der Waals surface area contributed by atoms with E-state index in [9.17, 15) is 4.79 Å². The molecule has 0 aliphatic carbocycles. The fraction of sp³-hybridized carbons (Fsp3) is 0.417. The van der Waals surface area contributed by atoms with Gasteiger partial charge in [-0.05, 0) is 49.1 Å². The Morgan fingerprint density at radius 3 is 2.81 bits per heavy atom. The van der Waals surface area contributed by atoms with Crippen LogP contribution in [-0.2, 0) is 13.6 Å². The lowest BCUT2D eigenvalue weighted by atomic mass is 9.74. The number of hydrogen-bond acceptors (Lipinski definition) is 4. The van der Waals surface area contributed by atoms with Crippen molar-refractivity contribution in [1.29, 1.82) is 0 Å². The number of furan rings is 1. The lowest BCUT2D eigenvalue weighted by Gasteiger charge is -2.49. The van der Waals surface area contributed by atoms with Gasteiger partial charge in [0, 0.05) is 44.3 Å². The number of fused-ring (bicyclic) bond motifs is 3. The van der Waals surface area contributed by atoms with Crippen molar-refractivity contribution < 1.29 is 9.21 Å². The predicted molar refractivity (Wildman–Crippen MR) is 118 cm³/mol. The van der Waals surface area contributed by atoms with Crippen molar-refractivity contribution in [2.24, 2.45) is 13.0 Å². The van der Waals surface area contributed by atoms with E-state index in [-0.39, 0.29) is 6.03 Å². The number of aromatic nitrogens is 2. The summed E-state index contributed by atoms with van der Waals surface area (Å²) in [5, 5.41) is 10.7. The zero-order valence-electron chi connectivity index (χ0n) is 17.8. The molecular weight excluding hydrogens is 390 g/mol. The first kappa shape index (κ1) is 19.9. The summed E-state index contributed by atoms with van der Waals surface area (Å²) in [6, 6.07) is 16.3. The number of nitrogens with one attached hydrogen (secondary N) is 2. The van der Waals surface area contributed by atoms with Gasteiger partial charge in [0.2, 0.25) is 0 Å². The molecule has 2 N–H and O–H groups in total. The second-order valence-electron chi connectivity index (χ2n) is 8.64. The van der Waals surface area contributed by atoms with Gasteiger partial charge in [-0.1, -0.05) is 30.3 Å². The molecule has 6 rings (SSSR count). The van der Waals surface area contributed by atoms with E-state index < -0.39 is 0 Å². The maximum atomic E-state index is 12.2. The summed E-state index contributed by atoms with van der Waals surface area (Å²) in [6.45, 7) is 3.35. The van der Waals surface area contributed by atoms with Crippen molar-refractivity contribution >= 4 is 6.03 Å². The van der Waals surface area contributed by atoms with Crippen LogP contribution in [0.25, 0.3) is 11.5 Å². The molecule has 3 fully saturated rings. The Balaban J connectivity index is 1.16. The number of aryl methyl sites for hydroxylation is 1. The zero-order chi connectivity index (χ0) is 21.2. The molecule has 3 aliphatic heterocycles. The Labute approximate surface area is 182 Å². The van der Waals surface area contributed by atoms with Gasteiger partial charge < -0.3 is 15.1 Å². The van der Waals surface area contributed by atoms with Crippen LogP contribution in [0.1, 0.15) is 30.0 Å². The highest BCUT2D eigenvalue weighted by molar-refractivity contribution is 5.73. The number of carbonyl (C=O) groups excluding carboxylic acids is 1. The van der Waals surface area contributed by atoms with E-state index in [1.165, 1.54) is 12.1 Å². The van der Waals surface area contributed by atoms with Crippen molar-refractivity contribution in [3.8, 4) is 11.5 Å². The van der Waals surface area contributed by atoms with E-state index in [2.05, 4.69) is 26.7 Å². The first-order valence-electron chi connectivity index (χ1n) is 11.0. The zero-order valence-corrected chi connectivity index (χ0v) is 17.8. The molecule has 1 aromatic carbocycles. The Morgan fingerprint density at radius 1 is 1.19 bits per heavy atom. The maximum absolute atomic E-state index is 12.2. The highest BCUT2D eigenvalue weighted by Gasteiger charge is 2.41. The first-order valence-corrected chi connectivity index (χ1v) is 11.0. The molecule has 5 heterocycles. The van der Waals surface area contributed by atoms with Gasteiger partial charge in [0.1, 0.15) is 5.69 Å². The quantitative estimate of drug-likeness (QED) is 0.643. The lowest BCUT2D eigenvalue weighted by molar-refractivity contribution is 0.0294. The molecule has 162 valence electrons. The minimum atomic E-state index is -0.0993. The molecule has 1 unspecified atom stereocenters. The number of piperidine rings is 3. The van der Waals surface area contributed by atoms with E-state index in [1.807, 2.05) is 54.2 Å². The highest BCUT2D eigenvalue weighted by atomic mass is 16.3. The number of carbonyl (C=O) groups is 1. The van der Waals surface area contributed by atoms with Gasteiger partial charge in [-0.3, -0.25) is 9.58 Å². The van der Waals surface area contributed by atoms with Gasteiger partial charge in [-0.25, -0.2) is 4.79 Å². The van der Waals surface area contributed by atoms with Crippen LogP contribution in [0, 0.1) is 5.92 Å². The summed E-state index contributed by atoms with van der Waals surface area (Å²) in [6.07, 6.45) is 3.99. The van der Waals surface area contributed by atoms with E-state index in [4.69, 9.17) is 4.42 Å². The molecule has 2 bridgehead atoms. The van der Waals surface area contributed by atoms with Crippen molar-refractivity contribution in [3.05, 3.63) is 66.1 Å². The smallest absolute Gasteiger partial charge is 0.315 e. The molecule has 31 heavy (non-hydrogen) atoms. The summed E-state index contributed by atoms with van der Waals surface area (Å²) in [4.78, 5) is 14.8. The minimum absolute atomic E-state index is 0.0993. The molecule has 3 saturated heterocycles. The number of urea groups is 1. The van der Waals surface area contributed by atoms with E-state index in [0.717, 1.165) is 36.5 Å². The highest BCUT2D eigenvalue weighted by Crippen LogP contribution is 2.42. The number of nitrogens with zero attached hydrogens (tertiary/aromatic N) is 3. The fourth-order valence-corrected chi connectivity index (χ4v) is 5.11. The second kappa shape index (κ2) is 8.59. The summed E-state index contributed by atoms with van der Waals surface area (Å²) < 4.78 is 7.53. The third-order valence-corrected chi connectivity index (χ3v) is 6.74. The Morgan fingerprint density at radius 2 is 2.06 bits per heavy atom. The largest absolute Gasteiger partial charge is 0.463 e. The molecule has 7 nitrogen and oxygen atoms in total. The number of rotatable bonds is 6. The van der Waals surface area contributed by atoms with Gasteiger partial charge >= 0.3 is 6.03 Å². The van der Waals surface area contributed by atoms with Crippen molar-refractivity contribution in [2.75, 3.05) is 19.6 Å². The van der Waals surface area contributed by atoms with Crippen molar-refractivity contribution in [1.82, 2.24) is 25.3 Å². The van der Waals surface area contributed by atoms with Gasteiger partial charge in [-0.2, -0.15) is 5.10 Å². The molecular formula is C24H29N5O2. The van der Waals surface area contributed by atoms with Crippen LogP contribution in [0.2, 0.25) is 0 Å². The standard InChI is InChI=1S/C24H29N5O2/c1-28-22(13-21(27-28)23-8-5-11-31-23)20-16-29-10-9-18(20)12-19(29)15-26-24(30)25-14-17-6-3-2-4-7-17/h2-8,11,13,18-20H,9-10,12,14-16H2,1H3,(H2,25,26,30)/t18-,19+,20-/m0/s1. The Bertz CT molecular complexity index is 1010. The van der Waals surface area contributed by atoms with Crippen molar-refractivity contribution in [2.45, 2.75) is 31.3 Å². The molecule has 4 atom stereocenters. The van der Waals surface area contributed by atoms with Crippen LogP contribution >= 0.6 is 0 Å². The third-order valence-electron chi connectivity index (χ3n) is 6.74. The second-order valence-corrected chi connectivity index (χ2v) is 8.64. The average molecular weight is 420 g/mol. The molecule has 0 spiro atoms.